The Balaban J connectivity index is 0.000000145. The molecule has 0 radical (unpaired) electrons. The highest BCUT2D eigenvalue weighted by Gasteiger charge is 2.22. The number of nitrogens with zero attached hydrogens (tertiary/aromatic N) is 4. The Morgan fingerprint density at radius 2 is 0.430 bits per heavy atom. The molecule has 22 aromatic rings. The zero-order valence-electron chi connectivity index (χ0n) is 61.9. The number of benzene rings is 18. The van der Waals surface area contributed by atoms with Crippen LogP contribution in [0.4, 0.5) is 0 Å². The van der Waals surface area contributed by atoms with Crippen molar-refractivity contribution in [2.45, 2.75) is 0 Å². The largest absolute Gasteiger partial charge is 0.436 e. The van der Waals surface area contributed by atoms with Crippen molar-refractivity contribution in [2.24, 2.45) is 0 Å². The van der Waals surface area contributed by atoms with Crippen molar-refractivity contribution in [2.75, 3.05) is 0 Å². The Bertz CT molecular complexity index is 7270. The van der Waals surface area contributed by atoms with Crippen LogP contribution in [0, 0.1) is 0 Å². The van der Waals surface area contributed by atoms with E-state index in [1.54, 1.807) is 0 Å². The molecule has 0 fully saturated rings. The Kier molecular flexibility index (Phi) is 16.8. The van der Waals surface area contributed by atoms with Gasteiger partial charge in [0, 0.05) is 54.6 Å². The van der Waals surface area contributed by atoms with Crippen LogP contribution in [0.2, 0.25) is 0 Å². The second kappa shape index (κ2) is 28.6. The third-order valence-electron chi connectivity index (χ3n) is 22.3. The van der Waals surface area contributed by atoms with E-state index < -0.39 is 0 Å². The van der Waals surface area contributed by atoms with Gasteiger partial charge < -0.3 is 8.83 Å². The Hall–Kier alpha value is -15.2. The summed E-state index contributed by atoms with van der Waals surface area (Å²) < 4.78 is 12.8. The molecule has 0 aliphatic heterocycles. The quantitative estimate of drug-likeness (QED) is 0.113. The summed E-state index contributed by atoms with van der Waals surface area (Å²) in [5.41, 5.74) is 29.8. The van der Waals surface area contributed by atoms with Gasteiger partial charge in [-0.25, -0.2) is 19.9 Å². The van der Waals surface area contributed by atoms with Gasteiger partial charge in [-0.1, -0.05) is 352 Å². The average Bonchev–Trinajstić information content (AvgIpc) is 1.71. The van der Waals surface area contributed by atoms with Crippen LogP contribution in [0.25, 0.3) is 222 Å². The van der Waals surface area contributed by atoms with Gasteiger partial charge in [0.15, 0.2) is 11.2 Å². The molecule has 0 N–H and O–H groups in total. The van der Waals surface area contributed by atoms with Crippen molar-refractivity contribution in [3.05, 3.63) is 413 Å². The third-order valence-corrected chi connectivity index (χ3v) is 22.3. The van der Waals surface area contributed by atoms with Gasteiger partial charge in [0.1, 0.15) is 11.0 Å². The highest BCUT2D eigenvalue weighted by Crippen LogP contribution is 2.46. The fourth-order valence-corrected chi connectivity index (χ4v) is 16.5. The van der Waals surface area contributed by atoms with Crippen molar-refractivity contribution in [1.82, 2.24) is 19.9 Å². The van der Waals surface area contributed by atoms with Gasteiger partial charge in [0.05, 0.1) is 22.4 Å². The van der Waals surface area contributed by atoms with Crippen LogP contribution < -0.4 is 0 Å². The molecule has 0 unspecified atom stereocenters. The monoisotopic (exact) mass is 1450 g/mol. The van der Waals surface area contributed by atoms with E-state index in [0.29, 0.717) is 11.8 Å². The number of hydrogen-bond donors (Lipinski definition) is 0. The van der Waals surface area contributed by atoms with Crippen LogP contribution in [-0.2, 0) is 0 Å². The van der Waals surface area contributed by atoms with Crippen LogP contribution in [0.5, 0.6) is 0 Å². The maximum atomic E-state index is 6.64. The van der Waals surface area contributed by atoms with Gasteiger partial charge in [-0.3, -0.25) is 0 Å². The van der Waals surface area contributed by atoms with Crippen molar-refractivity contribution in [1.29, 1.82) is 0 Å². The Morgan fingerprint density at radius 1 is 0.158 bits per heavy atom. The molecular formula is C108H68N4O2. The van der Waals surface area contributed by atoms with Crippen molar-refractivity contribution in [3.63, 3.8) is 0 Å². The van der Waals surface area contributed by atoms with E-state index in [-0.39, 0.29) is 0 Å². The Morgan fingerprint density at radius 3 is 0.816 bits per heavy atom. The van der Waals surface area contributed by atoms with E-state index >= 15 is 0 Å². The van der Waals surface area contributed by atoms with E-state index in [9.17, 15) is 0 Å². The maximum absolute atomic E-state index is 6.64. The first-order chi connectivity index (χ1) is 56.5. The summed E-state index contributed by atoms with van der Waals surface area (Å²) in [5.74, 6) is 1.22. The highest BCUT2D eigenvalue weighted by atomic mass is 16.4. The second-order valence-electron chi connectivity index (χ2n) is 29.0. The predicted molar refractivity (Wildman–Crippen MR) is 474 cm³/mol. The normalized spacial score (nSPS) is 11.5. The van der Waals surface area contributed by atoms with E-state index in [4.69, 9.17) is 28.8 Å². The second-order valence-corrected chi connectivity index (χ2v) is 29.0. The standard InChI is InChI=1S/C58H36N2O.C50H32N2O/c1-3-13-37(14-4-1)39-23-27-41(28-24-39)51-35-53-52(36-54(59-55(53)48-20-10-8-19-47(48)51)43-31-25-40(26-32-43)38-15-5-2-6-16-38)42-29-33-44(34-30-42)58-60-56-49-21-11-7-17-45(49)46-18-9-12-22-50(46)57(56)61-58;1-3-11-33(12-4-1)35-19-23-37(24-20-35)43-31-45-44(38-25-29-40(30-26-38)50-52-46-17-9-10-18-48(46)53-50)32-47(51-49(45)42-16-8-7-15-41(42)43)39-27-21-36(22-28-39)34-13-5-2-6-14-34/h1-36H;1-32H. The molecule has 0 aliphatic rings. The summed E-state index contributed by atoms with van der Waals surface area (Å²) in [6.07, 6.45) is 0. The highest BCUT2D eigenvalue weighted by molar-refractivity contribution is 6.23. The summed E-state index contributed by atoms with van der Waals surface area (Å²) in [6.45, 7) is 0. The number of rotatable bonds is 12. The van der Waals surface area contributed by atoms with E-state index in [2.05, 4.69) is 382 Å². The number of pyridine rings is 2. The van der Waals surface area contributed by atoms with Crippen molar-refractivity contribution >= 4 is 87.1 Å². The molecule has 18 aromatic carbocycles. The lowest BCUT2D eigenvalue weighted by Crippen LogP contribution is -1.93. The first-order valence-corrected chi connectivity index (χ1v) is 38.6. The van der Waals surface area contributed by atoms with E-state index in [1.165, 1.54) is 77.4 Å². The van der Waals surface area contributed by atoms with Gasteiger partial charge in [0.2, 0.25) is 11.8 Å². The smallest absolute Gasteiger partial charge is 0.227 e. The molecule has 0 saturated carbocycles. The molecule has 0 bridgehead atoms. The van der Waals surface area contributed by atoms with Crippen LogP contribution in [0.15, 0.2) is 421 Å². The van der Waals surface area contributed by atoms with Crippen molar-refractivity contribution < 1.29 is 8.83 Å². The SMILES string of the molecule is c1ccc(-c2ccc(-c3cc(-c4ccc(-c5nc6c7ccccc7c7ccccc7c6o5)cc4)c4cc(-c5ccc(-c6ccccc6)cc5)c5ccccc5c4n3)cc2)cc1.c1ccc(-c2ccc(-c3cc(-c4ccc(-c5nc6ccccc6o5)cc4)c4cc(-c5ccc(-c6ccccc6)cc5)c5ccccc5c4n3)cc2)cc1. The molecule has 0 atom stereocenters. The lowest BCUT2D eigenvalue weighted by Gasteiger charge is -2.16. The van der Waals surface area contributed by atoms with Crippen LogP contribution >= 0.6 is 0 Å². The maximum Gasteiger partial charge on any atom is 0.227 e. The summed E-state index contributed by atoms with van der Waals surface area (Å²) in [4.78, 5) is 20.8. The lowest BCUT2D eigenvalue weighted by atomic mass is 9.90. The first kappa shape index (κ1) is 66.9. The van der Waals surface area contributed by atoms with Crippen LogP contribution in [0.1, 0.15) is 0 Å². The molecule has 6 heteroatoms. The van der Waals surface area contributed by atoms with Gasteiger partial charge in [-0.15, -0.1) is 0 Å². The molecule has 0 aliphatic carbocycles. The van der Waals surface area contributed by atoms with Gasteiger partial charge >= 0.3 is 0 Å². The van der Waals surface area contributed by atoms with Gasteiger partial charge in [-0.05, 0) is 171 Å². The van der Waals surface area contributed by atoms with E-state index in [1.807, 2.05) is 30.3 Å². The predicted octanol–water partition coefficient (Wildman–Crippen LogP) is 29.4. The minimum absolute atomic E-state index is 0.606. The molecule has 6 nitrogen and oxygen atoms in total. The fourth-order valence-electron chi connectivity index (χ4n) is 16.5. The first-order valence-electron chi connectivity index (χ1n) is 38.6. The Labute approximate surface area is 658 Å². The molecule has 4 aromatic heterocycles. The van der Waals surface area contributed by atoms with Crippen LogP contribution in [-0.4, -0.2) is 19.9 Å². The fraction of sp³-hybridized carbons (Fsp3) is 0. The molecule has 532 valence electrons. The average molecular weight is 1450 g/mol. The summed E-state index contributed by atoms with van der Waals surface area (Å²) in [7, 11) is 0. The lowest BCUT2D eigenvalue weighted by molar-refractivity contribution is 0.620. The molecule has 0 saturated heterocycles. The number of aromatic nitrogens is 4. The zero-order valence-corrected chi connectivity index (χ0v) is 61.9. The minimum Gasteiger partial charge on any atom is -0.436 e. The molecule has 0 amide bonds. The topological polar surface area (TPSA) is 77.8 Å². The third kappa shape index (κ3) is 12.4. The van der Waals surface area contributed by atoms with Crippen molar-refractivity contribution in [3.8, 4) is 134 Å². The molecule has 4 heterocycles. The van der Waals surface area contributed by atoms with Gasteiger partial charge in [-0.2, -0.15) is 0 Å². The zero-order chi connectivity index (χ0) is 75.4. The van der Waals surface area contributed by atoms with Gasteiger partial charge in [0.25, 0.3) is 0 Å². The molecule has 114 heavy (non-hydrogen) atoms. The molecule has 22 rings (SSSR count). The van der Waals surface area contributed by atoms with Crippen LogP contribution in [0.3, 0.4) is 0 Å². The summed E-state index contributed by atoms with van der Waals surface area (Å²) in [6, 6.07) is 146. The summed E-state index contributed by atoms with van der Waals surface area (Å²) in [5, 5.41) is 11.3. The number of para-hydroxylation sites is 2. The molecule has 0 spiro atoms. The minimum atomic E-state index is 0.606. The van der Waals surface area contributed by atoms with E-state index in [0.717, 1.165) is 132 Å². The number of fused-ring (bicyclic) bond motifs is 13. The number of hydrogen-bond acceptors (Lipinski definition) is 6. The summed E-state index contributed by atoms with van der Waals surface area (Å²) >= 11 is 0. The number of oxazole rings is 2. The molecular weight excluding hydrogens is 1390 g/mol.